The van der Waals surface area contributed by atoms with Crippen LogP contribution in [0.15, 0.2) is 28.8 Å². The number of hydrogen-bond donors (Lipinski definition) is 2. The summed E-state index contributed by atoms with van der Waals surface area (Å²) in [6, 6.07) is 5.41. The van der Waals surface area contributed by atoms with Crippen LogP contribution in [-0.4, -0.2) is 27.1 Å². The predicted molar refractivity (Wildman–Crippen MR) is 79.8 cm³/mol. The van der Waals surface area contributed by atoms with Crippen molar-refractivity contribution in [3.05, 3.63) is 47.1 Å². The fourth-order valence-corrected chi connectivity index (χ4v) is 2.65. The number of aryl methyl sites for hydroxylation is 1. The highest BCUT2D eigenvalue weighted by Crippen LogP contribution is 2.47. The second kappa shape index (κ2) is 6.43. The van der Waals surface area contributed by atoms with E-state index < -0.39 is 41.8 Å². The number of nitrogens with one attached hydrogen (secondary N) is 1. The van der Waals surface area contributed by atoms with Gasteiger partial charge >= 0.3 is 12.1 Å². The molecule has 1 aromatic carbocycles. The minimum absolute atomic E-state index is 0.214. The molecule has 0 bridgehead atoms. The van der Waals surface area contributed by atoms with E-state index in [1.54, 1.807) is 31.2 Å². The molecule has 1 aromatic heterocycles. The molecule has 26 heavy (non-hydrogen) atoms. The van der Waals surface area contributed by atoms with E-state index in [4.69, 9.17) is 0 Å². The van der Waals surface area contributed by atoms with Gasteiger partial charge in [-0.3, -0.25) is 4.79 Å². The first-order chi connectivity index (χ1) is 12.2. The lowest BCUT2D eigenvalue weighted by atomic mass is 10.0. The third kappa shape index (κ3) is 3.68. The van der Waals surface area contributed by atoms with Crippen molar-refractivity contribution in [2.75, 3.05) is 0 Å². The Balaban J connectivity index is 1.68. The lowest BCUT2D eigenvalue weighted by Crippen LogP contribution is -2.35. The number of carboxylic acid groups (broad SMARTS) is 1. The van der Waals surface area contributed by atoms with Crippen molar-refractivity contribution in [1.82, 2.24) is 15.5 Å². The van der Waals surface area contributed by atoms with E-state index in [1.807, 2.05) is 0 Å². The number of halogens is 3. The average molecular weight is 369 g/mol. The van der Waals surface area contributed by atoms with Crippen LogP contribution in [-0.2, 0) is 15.8 Å². The van der Waals surface area contributed by atoms with E-state index in [0.717, 1.165) is 5.56 Å². The van der Waals surface area contributed by atoms with E-state index in [9.17, 15) is 27.9 Å². The number of carboxylic acids is 1. The van der Waals surface area contributed by atoms with E-state index in [2.05, 4.69) is 20.0 Å². The molecule has 1 unspecified atom stereocenters. The van der Waals surface area contributed by atoms with E-state index in [-0.39, 0.29) is 12.3 Å². The zero-order chi connectivity index (χ0) is 19.1. The molecule has 0 saturated heterocycles. The largest absolute Gasteiger partial charge is 0.479 e. The SMILES string of the molecule is Cc1cccc(C(NC(=O)[C@@H]2C[C@@H]2c2nc(C(F)(F)F)no2)C(=O)O)c1. The zero-order valence-corrected chi connectivity index (χ0v) is 13.4. The Morgan fingerprint density at radius 3 is 2.69 bits per heavy atom. The van der Waals surface area contributed by atoms with Gasteiger partial charge in [-0.05, 0) is 18.9 Å². The molecule has 0 radical (unpaired) electrons. The summed E-state index contributed by atoms with van der Waals surface area (Å²) in [5, 5.41) is 14.6. The Labute approximate surface area is 145 Å². The van der Waals surface area contributed by atoms with Crippen LogP contribution in [0.1, 0.15) is 41.2 Å². The fourth-order valence-electron chi connectivity index (χ4n) is 2.65. The zero-order valence-electron chi connectivity index (χ0n) is 13.4. The van der Waals surface area contributed by atoms with Crippen LogP contribution in [0.4, 0.5) is 13.2 Å². The van der Waals surface area contributed by atoms with Gasteiger partial charge in [0.05, 0.1) is 11.8 Å². The molecular formula is C16H14F3N3O4. The van der Waals surface area contributed by atoms with Crippen molar-refractivity contribution in [3.8, 4) is 0 Å². The quantitative estimate of drug-likeness (QED) is 0.839. The van der Waals surface area contributed by atoms with Crippen molar-refractivity contribution in [2.24, 2.45) is 5.92 Å². The van der Waals surface area contributed by atoms with Crippen LogP contribution in [0.5, 0.6) is 0 Å². The number of carbonyl (C=O) groups is 2. The van der Waals surface area contributed by atoms with E-state index >= 15 is 0 Å². The van der Waals surface area contributed by atoms with Crippen LogP contribution in [0.2, 0.25) is 0 Å². The Kier molecular flexibility index (Phi) is 4.43. The van der Waals surface area contributed by atoms with Gasteiger partial charge in [0.1, 0.15) is 0 Å². The number of aromatic nitrogens is 2. The highest BCUT2D eigenvalue weighted by molar-refractivity contribution is 5.88. The van der Waals surface area contributed by atoms with Crippen LogP contribution in [0, 0.1) is 12.8 Å². The highest BCUT2D eigenvalue weighted by atomic mass is 19.4. The van der Waals surface area contributed by atoms with Gasteiger partial charge in [0.2, 0.25) is 11.8 Å². The summed E-state index contributed by atoms with van der Waals surface area (Å²) in [7, 11) is 0. The average Bonchev–Trinajstić information content (AvgIpc) is 3.18. The number of benzene rings is 1. The summed E-state index contributed by atoms with van der Waals surface area (Å²) in [4.78, 5) is 27.0. The van der Waals surface area contributed by atoms with Crippen molar-refractivity contribution in [2.45, 2.75) is 31.5 Å². The summed E-state index contributed by atoms with van der Waals surface area (Å²) in [6.45, 7) is 1.79. The lowest BCUT2D eigenvalue weighted by Gasteiger charge is -2.15. The molecule has 1 fully saturated rings. The van der Waals surface area contributed by atoms with Gasteiger partial charge in [0.25, 0.3) is 5.82 Å². The number of hydrogen-bond acceptors (Lipinski definition) is 5. The van der Waals surface area contributed by atoms with Crippen molar-refractivity contribution >= 4 is 11.9 Å². The van der Waals surface area contributed by atoms with Crippen molar-refractivity contribution in [3.63, 3.8) is 0 Å². The van der Waals surface area contributed by atoms with Gasteiger partial charge in [-0.2, -0.15) is 18.2 Å². The Hall–Kier alpha value is -2.91. The molecule has 0 aliphatic heterocycles. The van der Waals surface area contributed by atoms with Crippen molar-refractivity contribution in [1.29, 1.82) is 0 Å². The predicted octanol–water partition coefficient (Wildman–Crippen LogP) is 2.44. The monoisotopic (exact) mass is 369 g/mol. The molecule has 2 N–H and O–H groups in total. The standard InChI is InChI=1S/C16H14F3N3O4/c1-7-3-2-4-8(5-7)11(14(24)25)20-12(23)9-6-10(9)13-21-15(22-26-13)16(17,18)19/h2-5,9-11H,6H2,1H3,(H,20,23)(H,24,25)/t9-,10+,11?/m1/s1. The first-order valence-corrected chi connectivity index (χ1v) is 7.67. The van der Waals surface area contributed by atoms with E-state index in [0.29, 0.717) is 5.56 Å². The maximum atomic E-state index is 12.5. The summed E-state index contributed by atoms with van der Waals surface area (Å²) in [6.07, 6.45) is -4.51. The fraction of sp³-hybridized carbons (Fsp3) is 0.375. The van der Waals surface area contributed by atoms with Gasteiger partial charge in [-0.25, -0.2) is 4.79 Å². The number of carbonyl (C=O) groups excluding carboxylic acids is 1. The molecule has 10 heteroatoms. The molecule has 1 aliphatic rings. The molecule has 0 spiro atoms. The first-order valence-electron chi connectivity index (χ1n) is 7.67. The van der Waals surface area contributed by atoms with Gasteiger partial charge in [-0.15, -0.1) is 0 Å². The first kappa shape index (κ1) is 17.9. The van der Waals surface area contributed by atoms with Gasteiger partial charge in [0.15, 0.2) is 6.04 Å². The molecule has 1 aliphatic carbocycles. The summed E-state index contributed by atoms with van der Waals surface area (Å²) in [5.74, 6) is -4.86. The smallest absolute Gasteiger partial charge is 0.455 e. The van der Waals surface area contributed by atoms with Crippen molar-refractivity contribution < 1.29 is 32.4 Å². The molecular weight excluding hydrogens is 355 g/mol. The van der Waals surface area contributed by atoms with Crippen LogP contribution in [0.3, 0.4) is 0 Å². The number of nitrogens with zero attached hydrogens (tertiary/aromatic N) is 2. The topological polar surface area (TPSA) is 105 Å². The molecule has 3 rings (SSSR count). The minimum Gasteiger partial charge on any atom is -0.479 e. The normalized spacial score (nSPS) is 20.5. The van der Waals surface area contributed by atoms with E-state index in [1.165, 1.54) is 0 Å². The number of amides is 1. The molecule has 7 nitrogen and oxygen atoms in total. The summed E-state index contributed by atoms with van der Waals surface area (Å²) >= 11 is 0. The second-order valence-corrected chi connectivity index (χ2v) is 6.10. The molecule has 138 valence electrons. The summed E-state index contributed by atoms with van der Waals surface area (Å²) in [5.41, 5.74) is 1.23. The van der Waals surface area contributed by atoms with Crippen LogP contribution in [0.25, 0.3) is 0 Å². The maximum absolute atomic E-state index is 12.5. The molecule has 1 amide bonds. The Morgan fingerprint density at radius 2 is 2.12 bits per heavy atom. The molecule has 1 heterocycles. The summed E-state index contributed by atoms with van der Waals surface area (Å²) < 4.78 is 42.0. The Morgan fingerprint density at radius 1 is 1.38 bits per heavy atom. The lowest BCUT2D eigenvalue weighted by molar-refractivity contribution is -0.146. The number of rotatable bonds is 5. The maximum Gasteiger partial charge on any atom is 0.455 e. The molecule has 3 atom stereocenters. The molecule has 1 saturated carbocycles. The second-order valence-electron chi connectivity index (χ2n) is 6.10. The highest BCUT2D eigenvalue weighted by Gasteiger charge is 2.50. The third-order valence-electron chi connectivity index (χ3n) is 4.05. The van der Waals surface area contributed by atoms with Gasteiger partial charge in [-0.1, -0.05) is 35.0 Å². The van der Waals surface area contributed by atoms with Gasteiger partial charge < -0.3 is 14.9 Å². The minimum atomic E-state index is -4.73. The van der Waals surface area contributed by atoms with Crippen LogP contribution >= 0.6 is 0 Å². The van der Waals surface area contributed by atoms with Gasteiger partial charge in [0, 0.05) is 0 Å². The number of alkyl halides is 3. The Bertz CT molecular complexity index is 849. The van der Waals surface area contributed by atoms with Crippen LogP contribution < -0.4 is 5.32 Å². The molecule has 2 aromatic rings. The third-order valence-corrected chi connectivity index (χ3v) is 4.05. The number of aliphatic carboxylic acids is 1.